The molecule has 0 radical (unpaired) electrons. The molecule has 3 rings (SSSR count). The summed E-state index contributed by atoms with van der Waals surface area (Å²) in [7, 11) is 3.44. The van der Waals surface area contributed by atoms with Crippen molar-refractivity contribution in [3.63, 3.8) is 0 Å². The number of methoxy groups -OCH3 is 1. The summed E-state index contributed by atoms with van der Waals surface area (Å²) < 4.78 is 11.7. The average Bonchev–Trinajstić information content (AvgIpc) is 2.79. The molecule has 0 aliphatic carbocycles. The fourth-order valence-electron chi connectivity index (χ4n) is 3.53. The number of likely N-dealkylation sites (N-methyl/N-ethyl adjacent to an activating group) is 1. The third kappa shape index (κ3) is 5.83. The number of nitrogens with one attached hydrogen (secondary N) is 2. The SMILES string of the molecule is CO[C@H]1CN(C)C(=O)c2ccc(NC(=O)c3ccccc3)cc2OC[C@H](C)NC[C@@H]1C. The zero-order chi connectivity index (χ0) is 22.4. The molecule has 1 heterocycles. The Morgan fingerprint density at radius 1 is 1.19 bits per heavy atom. The van der Waals surface area contributed by atoms with Crippen LogP contribution in [0.25, 0.3) is 0 Å². The van der Waals surface area contributed by atoms with Crippen LogP contribution in [0.15, 0.2) is 48.5 Å². The maximum absolute atomic E-state index is 13.1. The number of carbonyl (C=O) groups is 2. The summed E-state index contributed by atoms with van der Waals surface area (Å²) in [5, 5.41) is 6.34. The summed E-state index contributed by atoms with van der Waals surface area (Å²) in [4.78, 5) is 27.3. The van der Waals surface area contributed by atoms with E-state index in [-0.39, 0.29) is 29.9 Å². The molecule has 2 amide bonds. The topological polar surface area (TPSA) is 79.9 Å². The molecule has 0 spiro atoms. The maximum atomic E-state index is 13.1. The molecule has 0 bridgehead atoms. The molecule has 1 aliphatic heterocycles. The number of anilines is 1. The van der Waals surface area contributed by atoms with Crippen LogP contribution in [-0.2, 0) is 4.74 Å². The van der Waals surface area contributed by atoms with Crippen molar-refractivity contribution >= 4 is 17.5 Å². The second kappa shape index (κ2) is 10.4. The third-order valence-corrected chi connectivity index (χ3v) is 5.52. The van der Waals surface area contributed by atoms with Gasteiger partial charge < -0.3 is 25.0 Å². The van der Waals surface area contributed by atoms with Crippen LogP contribution >= 0.6 is 0 Å². The Morgan fingerprint density at radius 2 is 1.94 bits per heavy atom. The Kier molecular flexibility index (Phi) is 7.65. The van der Waals surface area contributed by atoms with Gasteiger partial charge in [-0.25, -0.2) is 0 Å². The van der Waals surface area contributed by atoms with Gasteiger partial charge >= 0.3 is 0 Å². The lowest BCUT2D eigenvalue weighted by Crippen LogP contribution is -2.44. The van der Waals surface area contributed by atoms with Gasteiger partial charge in [-0.1, -0.05) is 25.1 Å². The predicted octanol–water partition coefficient (Wildman–Crippen LogP) is 3.03. The predicted molar refractivity (Wildman–Crippen MR) is 121 cm³/mol. The number of benzene rings is 2. The summed E-state index contributed by atoms with van der Waals surface area (Å²) in [5.74, 6) is 0.312. The van der Waals surface area contributed by atoms with Crippen molar-refractivity contribution in [1.82, 2.24) is 10.2 Å². The van der Waals surface area contributed by atoms with Crippen molar-refractivity contribution < 1.29 is 19.1 Å². The van der Waals surface area contributed by atoms with E-state index in [0.29, 0.717) is 35.7 Å². The van der Waals surface area contributed by atoms with Crippen LogP contribution in [0.1, 0.15) is 34.6 Å². The number of hydrogen-bond acceptors (Lipinski definition) is 5. The summed E-state index contributed by atoms with van der Waals surface area (Å²) in [5.41, 5.74) is 1.58. The lowest BCUT2D eigenvalue weighted by atomic mass is 10.0. The zero-order valence-electron chi connectivity index (χ0n) is 18.6. The Morgan fingerprint density at radius 3 is 2.65 bits per heavy atom. The van der Waals surface area contributed by atoms with E-state index in [2.05, 4.69) is 17.6 Å². The van der Waals surface area contributed by atoms with Crippen molar-refractivity contribution in [2.45, 2.75) is 26.0 Å². The third-order valence-electron chi connectivity index (χ3n) is 5.52. The van der Waals surface area contributed by atoms with Crippen molar-refractivity contribution in [3.05, 3.63) is 59.7 Å². The molecule has 166 valence electrons. The monoisotopic (exact) mass is 425 g/mol. The second-order valence-corrected chi connectivity index (χ2v) is 8.09. The van der Waals surface area contributed by atoms with Crippen molar-refractivity contribution in [2.24, 2.45) is 5.92 Å². The van der Waals surface area contributed by atoms with E-state index in [1.807, 2.05) is 25.1 Å². The molecule has 0 aromatic heterocycles. The maximum Gasteiger partial charge on any atom is 0.257 e. The Balaban J connectivity index is 1.87. The summed E-state index contributed by atoms with van der Waals surface area (Å²) in [6.45, 7) is 5.76. The number of ether oxygens (including phenoxy) is 2. The standard InChI is InChI=1S/C24H31N3O4/c1-16-13-25-17(2)15-31-21-12-19(26-23(28)18-8-6-5-7-9-18)10-11-20(21)24(29)27(3)14-22(16)30-4/h5-12,16-17,22,25H,13-15H2,1-4H3,(H,26,28)/t16-,17-,22-/m0/s1. The van der Waals surface area contributed by atoms with Gasteiger partial charge in [0.25, 0.3) is 11.8 Å². The summed E-state index contributed by atoms with van der Waals surface area (Å²) in [6.07, 6.45) is -0.0816. The molecule has 0 unspecified atom stereocenters. The molecular formula is C24H31N3O4. The number of hydrogen-bond donors (Lipinski definition) is 2. The van der Waals surface area contributed by atoms with Crippen LogP contribution in [0.3, 0.4) is 0 Å². The molecule has 2 aromatic carbocycles. The molecule has 2 aromatic rings. The van der Waals surface area contributed by atoms with Gasteiger partial charge in [0.05, 0.1) is 11.7 Å². The molecule has 0 saturated carbocycles. The first-order valence-corrected chi connectivity index (χ1v) is 10.5. The highest BCUT2D eigenvalue weighted by atomic mass is 16.5. The molecule has 31 heavy (non-hydrogen) atoms. The van der Waals surface area contributed by atoms with Crippen LogP contribution in [0, 0.1) is 5.92 Å². The van der Waals surface area contributed by atoms with Crippen LogP contribution in [0.4, 0.5) is 5.69 Å². The summed E-state index contributed by atoms with van der Waals surface area (Å²) in [6, 6.07) is 14.2. The minimum Gasteiger partial charge on any atom is -0.491 e. The van der Waals surface area contributed by atoms with E-state index < -0.39 is 0 Å². The normalized spacial score (nSPS) is 22.5. The molecule has 0 saturated heterocycles. The molecule has 2 N–H and O–H groups in total. The van der Waals surface area contributed by atoms with Crippen molar-refractivity contribution in [2.75, 3.05) is 39.2 Å². The first-order valence-electron chi connectivity index (χ1n) is 10.5. The number of amides is 2. The first-order chi connectivity index (χ1) is 14.9. The highest BCUT2D eigenvalue weighted by Gasteiger charge is 2.25. The van der Waals surface area contributed by atoms with Gasteiger partial charge in [-0.15, -0.1) is 0 Å². The fourth-order valence-corrected chi connectivity index (χ4v) is 3.53. The number of carbonyl (C=O) groups excluding carboxylic acids is 2. The quantitative estimate of drug-likeness (QED) is 0.790. The largest absolute Gasteiger partial charge is 0.491 e. The smallest absolute Gasteiger partial charge is 0.257 e. The lowest BCUT2D eigenvalue weighted by molar-refractivity contribution is 0.0281. The second-order valence-electron chi connectivity index (χ2n) is 8.09. The Bertz CT molecular complexity index is 903. The van der Waals surface area contributed by atoms with Gasteiger partial charge in [0.15, 0.2) is 0 Å². The molecule has 3 atom stereocenters. The molecule has 7 heteroatoms. The minimum atomic E-state index is -0.218. The van der Waals surface area contributed by atoms with Gasteiger partial charge in [0, 0.05) is 50.6 Å². The minimum absolute atomic E-state index is 0.0816. The lowest BCUT2D eigenvalue weighted by Gasteiger charge is -2.30. The van der Waals surface area contributed by atoms with E-state index >= 15 is 0 Å². The van der Waals surface area contributed by atoms with Crippen molar-refractivity contribution in [3.8, 4) is 5.75 Å². The zero-order valence-corrected chi connectivity index (χ0v) is 18.6. The first kappa shape index (κ1) is 22.8. The van der Waals surface area contributed by atoms with Gasteiger partial charge in [0.1, 0.15) is 12.4 Å². The van der Waals surface area contributed by atoms with E-state index in [9.17, 15) is 9.59 Å². The van der Waals surface area contributed by atoms with Gasteiger partial charge in [-0.3, -0.25) is 9.59 Å². The van der Waals surface area contributed by atoms with Crippen LogP contribution in [-0.4, -0.2) is 62.7 Å². The van der Waals surface area contributed by atoms with E-state index in [4.69, 9.17) is 9.47 Å². The summed E-state index contributed by atoms with van der Waals surface area (Å²) >= 11 is 0. The van der Waals surface area contributed by atoms with E-state index in [0.717, 1.165) is 6.54 Å². The number of rotatable bonds is 3. The highest BCUT2D eigenvalue weighted by molar-refractivity contribution is 6.05. The molecule has 7 nitrogen and oxygen atoms in total. The van der Waals surface area contributed by atoms with Crippen LogP contribution < -0.4 is 15.4 Å². The van der Waals surface area contributed by atoms with E-state index in [1.54, 1.807) is 49.4 Å². The van der Waals surface area contributed by atoms with Crippen LogP contribution in [0.2, 0.25) is 0 Å². The highest BCUT2D eigenvalue weighted by Crippen LogP contribution is 2.26. The van der Waals surface area contributed by atoms with Crippen molar-refractivity contribution in [1.29, 1.82) is 0 Å². The number of fused-ring (bicyclic) bond motifs is 1. The van der Waals surface area contributed by atoms with Gasteiger partial charge in [0.2, 0.25) is 0 Å². The fraction of sp³-hybridized carbons (Fsp3) is 0.417. The van der Waals surface area contributed by atoms with E-state index in [1.165, 1.54) is 0 Å². The molecular weight excluding hydrogens is 394 g/mol. The number of nitrogens with zero attached hydrogens (tertiary/aromatic N) is 1. The Hall–Kier alpha value is -2.90. The molecule has 0 fully saturated rings. The van der Waals surface area contributed by atoms with Gasteiger partial charge in [-0.2, -0.15) is 0 Å². The Labute approximate surface area is 183 Å². The average molecular weight is 426 g/mol. The van der Waals surface area contributed by atoms with Gasteiger partial charge in [-0.05, 0) is 37.1 Å². The molecule has 1 aliphatic rings. The van der Waals surface area contributed by atoms with Crippen LogP contribution in [0.5, 0.6) is 5.75 Å².